The zero-order valence-electron chi connectivity index (χ0n) is 20.2. The number of carbonyl (C=O) groups excluding carboxylic acids is 1. The van der Waals surface area contributed by atoms with Gasteiger partial charge in [-0.05, 0) is 18.1 Å². The Hall–Kier alpha value is -3.43. The summed E-state index contributed by atoms with van der Waals surface area (Å²) < 4.78 is 17.9. The Labute approximate surface area is 204 Å². The second-order valence-corrected chi connectivity index (χ2v) is 8.59. The van der Waals surface area contributed by atoms with Gasteiger partial charge in [0.15, 0.2) is 11.5 Å². The van der Waals surface area contributed by atoms with E-state index >= 15 is 0 Å². The SMILES string of the molecule is COc1cc2ncn(CCCC(=O)NCC3CN(Cc4ccccc4)CCO3)c(=O)c2cc1OC. The fraction of sp³-hybridized carbons (Fsp3) is 0.423. The summed E-state index contributed by atoms with van der Waals surface area (Å²) in [5.41, 5.74) is 1.63. The Morgan fingerprint density at radius 3 is 2.71 bits per heavy atom. The average Bonchev–Trinajstić information content (AvgIpc) is 2.89. The summed E-state index contributed by atoms with van der Waals surface area (Å²) in [5.74, 6) is 0.941. The van der Waals surface area contributed by atoms with Gasteiger partial charge in [0.2, 0.25) is 5.91 Å². The molecule has 1 atom stereocenters. The molecule has 0 bridgehead atoms. The van der Waals surface area contributed by atoms with Crippen LogP contribution in [0.15, 0.2) is 53.6 Å². The normalized spacial score (nSPS) is 16.2. The number of morpholine rings is 1. The van der Waals surface area contributed by atoms with Crippen molar-refractivity contribution in [3.63, 3.8) is 0 Å². The first kappa shape index (κ1) is 24.7. The van der Waals surface area contributed by atoms with E-state index in [9.17, 15) is 9.59 Å². The maximum atomic E-state index is 12.9. The molecule has 0 saturated carbocycles. The summed E-state index contributed by atoms with van der Waals surface area (Å²) in [6, 6.07) is 13.7. The van der Waals surface area contributed by atoms with Crippen molar-refractivity contribution in [2.24, 2.45) is 0 Å². The second kappa shape index (κ2) is 11.8. The van der Waals surface area contributed by atoms with Crippen LogP contribution in [0.3, 0.4) is 0 Å². The fourth-order valence-electron chi connectivity index (χ4n) is 4.26. The molecule has 186 valence electrons. The smallest absolute Gasteiger partial charge is 0.261 e. The molecule has 1 unspecified atom stereocenters. The first-order chi connectivity index (χ1) is 17.1. The fourth-order valence-corrected chi connectivity index (χ4v) is 4.26. The molecule has 1 aromatic heterocycles. The van der Waals surface area contributed by atoms with E-state index in [1.807, 2.05) is 18.2 Å². The van der Waals surface area contributed by atoms with Crippen molar-refractivity contribution in [2.75, 3.05) is 40.5 Å². The van der Waals surface area contributed by atoms with Gasteiger partial charge in [-0.1, -0.05) is 30.3 Å². The molecule has 1 aliphatic rings. The predicted octanol–water partition coefficient (Wildman–Crippen LogP) is 2.21. The van der Waals surface area contributed by atoms with Crippen molar-refractivity contribution in [3.05, 3.63) is 64.7 Å². The number of nitrogens with one attached hydrogen (secondary N) is 1. The van der Waals surface area contributed by atoms with Gasteiger partial charge in [-0.2, -0.15) is 0 Å². The molecule has 0 spiro atoms. The Bertz CT molecular complexity index is 1200. The number of aryl methyl sites for hydroxylation is 1. The van der Waals surface area contributed by atoms with Crippen LogP contribution in [0.1, 0.15) is 18.4 Å². The molecule has 0 radical (unpaired) electrons. The summed E-state index contributed by atoms with van der Waals surface area (Å²) >= 11 is 0. The van der Waals surface area contributed by atoms with Crippen LogP contribution in [0.5, 0.6) is 11.5 Å². The number of rotatable bonds is 10. The average molecular weight is 481 g/mol. The van der Waals surface area contributed by atoms with Gasteiger partial charge in [0, 0.05) is 45.2 Å². The number of aromatic nitrogens is 2. The summed E-state index contributed by atoms with van der Waals surface area (Å²) in [6.45, 7) is 4.06. The van der Waals surface area contributed by atoms with E-state index in [0.29, 0.717) is 54.9 Å². The maximum absolute atomic E-state index is 12.9. The van der Waals surface area contributed by atoms with Crippen LogP contribution < -0.4 is 20.3 Å². The van der Waals surface area contributed by atoms with E-state index in [0.717, 1.165) is 19.6 Å². The van der Waals surface area contributed by atoms with E-state index in [2.05, 4.69) is 27.3 Å². The largest absolute Gasteiger partial charge is 0.493 e. The van der Waals surface area contributed by atoms with Crippen molar-refractivity contribution in [1.82, 2.24) is 19.8 Å². The number of amides is 1. The van der Waals surface area contributed by atoms with Crippen LogP contribution in [-0.2, 0) is 22.6 Å². The first-order valence-corrected chi connectivity index (χ1v) is 11.8. The number of carbonyl (C=O) groups is 1. The molecule has 2 aromatic carbocycles. The van der Waals surface area contributed by atoms with Crippen LogP contribution in [0.2, 0.25) is 0 Å². The number of fused-ring (bicyclic) bond motifs is 1. The lowest BCUT2D eigenvalue weighted by Crippen LogP contribution is -2.47. The molecule has 2 heterocycles. The standard InChI is InChI=1S/C26H32N4O5/c1-33-23-13-21-22(14-24(23)34-2)28-18-30(26(21)32)10-6-9-25(31)27-15-20-17-29(11-12-35-20)16-19-7-4-3-5-8-19/h3-5,7-8,13-14,18,20H,6,9-12,15-17H2,1-2H3,(H,27,31). The minimum Gasteiger partial charge on any atom is -0.493 e. The second-order valence-electron chi connectivity index (χ2n) is 8.59. The maximum Gasteiger partial charge on any atom is 0.261 e. The molecule has 9 heteroatoms. The third-order valence-corrected chi connectivity index (χ3v) is 6.13. The number of ether oxygens (including phenoxy) is 3. The molecule has 1 aliphatic heterocycles. The van der Waals surface area contributed by atoms with Crippen molar-refractivity contribution in [1.29, 1.82) is 0 Å². The van der Waals surface area contributed by atoms with Crippen LogP contribution in [0.4, 0.5) is 0 Å². The quantitative estimate of drug-likeness (QED) is 0.475. The monoisotopic (exact) mass is 480 g/mol. The van der Waals surface area contributed by atoms with Crippen LogP contribution in [0.25, 0.3) is 10.9 Å². The molecular weight excluding hydrogens is 448 g/mol. The molecule has 0 aliphatic carbocycles. The summed E-state index contributed by atoms with van der Waals surface area (Å²) in [5, 5.41) is 3.42. The predicted molar refractivity (Wildman–Crippen MR) is 133 cm³/mol. The zero-order chi connectivity index (χ0) is 24.6. The summed E-state index contributed by atoms with van der Waals surface area (Å²) in [7, 11) is 3.06. The van der Waals surface area contributed by atoms with Crippen LogP contribution >= 0.6 is 0 Å². The Morgan fingerprint density at radius 1 is 1.17 bits per heavy atom. The summed E-state index contributed by atoms with van der Waals surface area (Å²) in [6.07, 6.45) is 2.32. The lowest BCUT2D eigenvalue weighted by Gasteiger charge is -2.33. The number of hydrogen-bond donors (Lipinski definition) is 1. The zero-order valence-corrected chi connectivity index (χ0v) is 20.2. The third kappa shape index (κ3) is 6.37. The van der Waals surface area contributed by atoms with E-state index in [-0.39, 0.29) is 17.6 Å². The van der Waals surface area contributed by atoms with Crippen LogP contribution in [-0.4, -0.2) is 66.9 Å². The van der Waals surface area contributed by atoms with Gasteiger partial charge >= 0.3 is 0 Å². The Kier molecular flexibility index (Phi) is 8.33. The number of hydrogen-bond acceptors (Lipinski definition) is 7. The molecule has 1 fully saturated rings. The van der Waals surface area contributed by atoms with Gasteiger partial charge in [0.1, 0.15) is 0 Å². The highest BCUT2D eigenvalue weighted by Crippen LogP contribution is 2.29. The van der Waals surface area contributed by atoms with Crippen molar-refractivity contribution < 1.29 is 19.0 Å². The van der Waals surface area contributed by atoms with Crippen LogP contribution in [0, 0.1) is 0 Å². The lowest BCUT2D eigenvalue weighted by atomic mass is 10.2. The van der Waals surface area contributed by atoms with Gasteiger partial charge < -0.3 is 19.5 Å². The molecule has 35 heavy (non-hydrogen) atoms. The number of benzene rings is 2. The van der Waals surface area contributed by atoms with Gasteiger partial charge in [-0.3, -0.25) is 19.1 Å². The van der Waals surface area contributed by atoms with E-state index in [1.165, 1.54) is 30.7 Å². The van der Waals surface area contributed by atoms with Crippen molar-refractivity contribution in [2.45, 2.75) is 32.0 Å². The van der Waals surface area contributed by atoms with E-state index in [4.69, 9.17) is 14.2 Å². The highest BCUT2D eigenvalue weighted by molar-refractivity contribution is 5.81. The molecule has 9 nitrogen and oxygen atoms in total. The van der Waals surface area contributed by atoms with Gasteiger partial charge in [-0.25, -0.2) is 4.98 Å². The summed E-state index contributed by atoms with van der Waals surface area (Å²) in [4.78, 5) is 32.0. The highest BCUT2D eigenvalue weighted by Gasteiger charge is 2.21. The minimum atomic E-state index is -0.175. The molecular formula is C26H32N4O5. The lowest BCUT2D eigenvalue weighted by molar-refractivity contribution is -0.122. The Morgan fingerprint density at radius 2 is 1.94 bits per heavy atom. The molecule has 3 aromatic rings. The molecule has 1 amide bonds. The molecule has 1 saturated heterocycles. The third-order valence-electron chi connectivity index (χ3n) is 6.13. The molecule has 1 N–H and O–H groups in total. The Balaban J connectivity index is 1.25. The first-order valence-electron chi connectivity index (χ1n) is 11.8. The van der Waals surface area contributed by atoms with E-state index < -0.39 is 0 Å². The van der Waals surface area contributed by atoms with Crippen molar-refractivity contribution >= 4 is 16.8 Å². The molecule has 4 rings (SSSR count). The van der Waals surface area contributed by atoms with E-state index in [1.54, 1.807) is 12.1 Å². The highest BCUT2D eigenvalue weighted by atomic mass is 16.5. The van der Waals surface area contributed by atoms with Gasteiger partial charge in [0.25, 0.3) is 5.56 Å². The number of nitrogens with zero attached hydrogens (tertiary/aromatic N) is 3. The number of methoxy groups -OCH3 is 2. The van der Waals surface area contributed by atoms with Crippen molar-refractivity contribution in [3.8, 4) is 11.5 Å². The topological polar surface area (TPSA) is 94.9 Å². The minimum absolute atomic E-state index is 0.0318. The van der Waals surface area contributed by atoms with Gasteiger partial charge in [0.05, 0.1) is 44.2 Å². The van der Waals surface area contributed by atoms with Gasteiger partial charge in [-0.15, -0.1) is 0 Å².